The van der Waals surface area contributed by atoms with E-state index in [1.54, 1.807) is 6.20 Å². The number of hydrogen-bond donors (Lipinski definition) is 1. The molecule has 1 aromatic carbocycles. The highest BCUT2D eigenvalue weighted by molar-refractivity contribution is 5.67. The molecule has 0 fully saturated rings. The van der Waals surface area contributed by atoms with Crippen molar-refractivity contribution in [1.29, 1.82) is 5.26 Å². The average Bonchev–Trinajstić information content (AvgIpc) is 2.67. The van der Waals surface area contributed by atoms with Crippen molar-refractivity contribution in [3.63, 3.8) is 0 Å². The van der Waals surface area contributed by atoms with Gasteiger partial charge >= 0.3 is 0 Å². The molecule has 1 aromatic heterocycles. The first-order valence-corrected chi connectivity index (χ1v) is 3.91. The van der Waals surface area contributed by atoms with Crippen LogP contribution in [0, 0.1) is 11.3 Å². The fourth-order valence-electron chi connectivity index (χ4n) is 1.21. The smallest absolute Gasteiger partial charge is 0.170 e. The van der Waals surface area contributed by atoms with Crippen LogP contribution in [0.1, 0.15) is 5.69 Å². The number of benzene rings is 1. The predicted molar refractivity (Wildman–Crippen MR) is 48.7 cm³/mol. The zero-order valence-corrected chi connectivity index (χ0v) is 6.86. The number of nitriles is 1. The Morgan fingerprint density at radius 3 is 2.69 bits per heavy atom. The Bertz CT molecular complexity index is 437. The predicted octanol–water partition coefficient (Wildman–Crippen LogP) is 1.95. The van der Waals surface area contributed by atoms with E-state index in [9.17, 15) is 0 Å². The highest BCUT2D eigenvalue weighted by Gasteiger charge is 2.05. The number of aromatic amines is 1. The van der Waals surface area contributed by atoms with Gasteiger partial charge in [0, 0.05) is 11.8 Å². The molecule has 0 atom stereocenters. The monoisotopic (exact) mass is 169 g/mol. The summed E-state index contributed by atoms with van der Waals surface area (Å²) in [6, 6.07) is 11.7. The van der Waals surface area contributed by atoms with Crippen molar-refractivity contribution in [1.82, 2.24) is 10.2 Å². The molecule has 0 saturated heterocycles. The SMILES string of the molecule is N#Cc1n[nH]cc1-c1ccccc1. The number of H-pyrrole nitrogens is 1. The Balaban J connectivity index is 2.54. The summed E-state index contributed by atoms with van der Waals surface area (Å²) in [5, 5.41) is 15.2. The molecule has 0 aliphatic heterocycles. The minimum absolute atomic E-state index is 0.436. The number of aromatic nitrogens is 2. The quantitative estimate of drug-likeness (QED) is 0.709. The van der Waals surface area contributed by atoms with Crippen molar-refractivity contribution in [2.45, 2.75) is 0 Å². The van der Waals surface area contributed by atoms with E-state index in [1.165, 1.54) is 0 Å². The molecule has 62 valence electrons. The Morgan fingerprint density at radius 2 is 2.00 bits per heavy atom. The molecule has 0 aliphatic rings. The van der Waals surface area contributed by atoms with E-state index < -0.39 is 0 Å². The molecule has 0 amide bonds. The van der Waals surface area contributed by atoms with Gasteiger partial charge in [-0.25, -0.2) is 0 Å². The Morgan fingerprint density at radius 1 is 1.23 bits per heavy atom. The molecule has 0 bridgehead atoms. The highest BCUT2D eigenvalue weighted by Crippen LogP contribution is 2.20. The summed E-state index contributed by atoms with van der Waals surface area (Å²) < 4.78 is 0. The second-order valence-electron chi connectivity index (χ2n) is 2.63. The van der Waals surface area contributed by atoms with Crippen molar-refractivity contribution in [3.8, 4) is 17.2 Å². The number of rotatable bonds is 1. The third kappa shape index (κ3) is 1.30. The van der Waals surface area contributed by atoms with E-state index in [2.05, 4.69) is 10.2 Å². The van der Waals surface area contributed by atoms with Crippen LogP contribution in [0.4, 0.5) is 0 Å². The van der Waals surface area contributed by atoms with Crippen LogP contribution in [-0.4, -0.2) is 10.2 Å². The van der Waals surface area contributed by atoms with Gasteiger partial charge in [-0.1, -0.05) is 30.3 Å². The van der Waals surface area contributed by atoms with Crippen molar-refractivity contribution >= 4 is 0 Å². The van der Waals surface area contributed by atoms with E-state index in [0.717, 1.165) is 11.1 Å². The summed E-state index contributed by atoms with van der Waals surface area (Å²) in [4.78, 5) is 0. The molecule has 0 unspecified atom stereocenters. The van der Waals surface area contributed by atoms with Gasteiger partial charge in [0.25, 0.3) is 0 Å². The lowest BCUT2D eigenvalue weighted by atomic mass is 10.1. The first-order valence-electron chi connectivity index (χ1n) is 3.91. The van der Waals surface area contributed by atoms with Gasteiger partial charge in [-0.15, -0.1) is 0 Å². The van der Waals surface area contributed by atoms with E-state index in [-0.39, 0.29) is 0 Å². The number of nitrogens with one attached hydrogen (secondary N) is 1. The third-order valence-corrected chi connectivity index (χ3v) is 1.83. The molecule has 0 aliphatic carbocycles. The lowest BCUT2D eigenvalue weighted by Gasteiger charge is -1.94. The summed E-state index contributed by atoms with van der Waals surface area (Å²) >= 11 is 0. The Labute approximate surface area is 75.6 Å². The van der Waals surface area contributed by atoms with Crippen LogP contribution in [0.5, 0.6) is 0 Å². The standard InChI is InChI=1S/C10H7N3/c11-6-10-9(7-12-13-10)8-4-2-1-3-5-8/h1-5,7H,(H,12,13). The second kappa shape index (κ2) is 3.11. The van der Waals surface area contributed by atoms with Crippen LogP contribution in [0.15, 0.2) is 36.5 Å². The maximum absolute atomic E-state index is 8.74. The summed E-state index contributed by atoms with van der Waals surface area (Å²) in [5.41, 5.74) is 2.29. The van der Waals surface area contributed by atoms with Crippen molar-refractivity contribution < 1.29 is 0 Å². The summed E-state index contributed by atoms with van der Waals surface area (Å²) in [6.45, 7) is 0. The molecule has 3 nitrogen and oxygen atoms in total. The van der Waals surface area contributed by atoms with Gasteiger partial charge < -0.3 is 0 Å². The van der Waals surface area contributed by atoms with Crippen LogP contribution < -0.4 is 0 Å². The molecule has 3 heteroatoms. The molecular formula is C10H7N3. The zero-order chi connectivity index (χ0) is 9.10. The maximum atomic E-state index is 8.74. The fraction of sp³-hybridized carbons (Fsp3) is 0. The second-order valence-corrected chi connectivity index (χ2v) is 2.63. The van der Waals surface area contributed by atoms with Crippen molar-refractivity contribution in [2.75, 3.05) is 0 Å². The highest BCUT2D eigenvalue weighted by atomic mass is 15.1. The topological polar surface area (TPSA) is 52.5 Å². The summed E-state index contributed by atoms with van der Waals surface area (Å²) in [6.07, 6.45) is 1.73. The van der Waals surface area contributed by atoms with Gasteiger partial charge in [-0.05, 0) is 5.56 Å². The Hall–Kier alpha value is -2.08. The lowest BCUT2D eigenvalue weighted by molar-refractivity contribution is 1.07. The van der Waals surface area contributed by atoms with Crippen LogP contribution in [0.25, 0.3) is 11.1 Å². The van der Waals surface area contributed by atoms with Gasteiger partial charge in [0.1, 0.15) is 6.07 Å². The van der Waals surface area contributed by atoms with E-state index >= 15 is 0 Å². The van der Waals surface area contributed by atoms with Crippen LogP contribution >= 0.6 is 0 Å². The van der Waals surface area contributed by atoms with Gasteiger partial charge in [0.2, 0.25) is 0 Å². The lowest BCUT2D eigenvalue weighted by Crippen LogP contribution is -1.78. The number of hydrogen-bond acceptors (Lipinski definition) is 2. The van der Waals surface area contributed by atoms with Gasteiger partial charge in [-0.2, -0.15) is 10.4 Å². The molecule has 1 heterocycles. The van der Waals surface area contributed by atoms with Gasteiger partial charge in [0.05, 0.1) is 0 Å². The third-order valence-electron chi connectivity index (χ3n) is 1.83. The molecule has 13 heavy (non-hydrogen) atoms. The zero-order valence-electron chi connectivity index (χ0n) is 6.86. The first kappa shape index (κ1) is 7.56. The van der Waals surface area contributed by atoms with Gasteiger partial charge in [-0.3, -0.25) is 5.10 Å². The molecule has 2 aromatic rings. The molecule has 1 N–H and O–H groups in total. The summed E-state index contributed by atoms with van der Waals surface area (Å²) in [7, 11) is 0. The average molecular weight is 169 g/mol. The normalized spacial score (nSPS) is 9.46. The Kier molecular flexibility index (Phi) is 1.81. The summed E-state index contributed by atoms with van der Waals surface area (Å²) in [5.74, 6) is 0. The fourth-order valence-corrected chi connectivity index (χ4v) is 1.21. The minimum atomic E-state index is 0.436. The maximum Gasteiger partial charge on any atom is 0.170 e. The molecule has 2 rings (SSSR count). The van der Waals surface area contributed by atoms with Gasteiger partial charge in [0.15, 0.2) is 5.69 Å². The molecule has 0 radical (unpaired) electrons. The van der Waals surface area contributed by atoms with E-state index in [0.29, 0.717) is 5.69 Å². The van der Waals surface area contributed by atoms with Crippen LogP contribution in [0.3, 0.4) is 0 Å². The van der Waals surface area contributed by atoms with Crippen molar-refractivity contribution in [3.05, 3.63) is 42.2 Å². The minimum Gasteiger partial charge on any atom is -0.284 e. The van der Waals surface area contributed by atoms with Crippen molar-refractivity contribution in [2.24, 2.45) is 0 Å². The molecule has 0 saturated carbocycles. The van der Waals surface area contributed by atoms with Crippen LogP contribution in [0.2, 0.25) is 0 Å². The molecule has 0 spiro atoms. The molecular weight excluding hydrogens is 162 g/mol. The van der Waals surface area contributed by atoms with E-state index in [1.807, 2.05) is 36.4 Å². The first-order chi connectivity index (χ1) is 6.42. The van der Waals surface area contributed by atoms with Crippen LogP contribution in [-0.2, 0) is 0 Å². The number of nitrogens with zero attached hydrogens (tertiary/aromatic N) is 2. The van der Waals surface area contributed by atoms with E-state index in [4.69, 9.17) is 5.26 Å². The largest absolute Gasteiger partial charge is 0.284 e.